The lowest BCUT2D eigenvalue weighted by Crippen LogP contribution is -2.44. The summed E-state index contributed by atoms with van der Waals surface area (Å²) < 4.78 is 38.8. The molecule has 1 aliphatic heterocycles. The van der Waals surface area contributed by atoms with Crippen LogP contribution in [0, 0.1) is 5.82 Å². The molecule has 0 spiro atoms. The molecule has 2 rings (SSSR count). The summed E-state index contributed by atoms with van der Waals surface area (Å²) in [5.41, 5.74) is 0. The number of rotatable bonds is 9. The fourth-order valence-electron chi connectivity index (χ4n) is 3.04. The number of aromatic nitrogens is 1. The molecule has 1 atom stereocenters. The second-order valence-corrected chi connectivity index (χ2v) is 9.09. The van der Waals surface area contributed by atoms with Crippen molar-refractivity contribution in [3.05, 3.63) is 24.1 Å². The first-order valence-electron chi connectivity index (χ1n) is 9.71. The summed E-state index contributed by atoms with van der Waals surface area (Å²) in [6.07, 6.45) is 3.10. The zero-order valence-electron chi connectivity index (χ0n) is 17.3. The Kier molecular flexibility index (Phi) is 11.1. The van der Waals surface area contributed by atoms with Gasteiger partial charge in [0, 0.05) is 52.0 Å². The summed E-state index contributed by atoms with van der Waals surface area (Å²) in [7, 11) is -1.56. The molecular weight excluding hydrogens is 510 g/mol. The van der Waals surface area contributed by atoms with Crippen molar-refractivity contribution in [2.24, 2.45) is 4.99 Å². The van der Waals surface area contributed by atoms with E-state index in [9.17, 15) is 12.8 Å². The highest BCUT2D eigenvalue weighted by Crippen LogP contribution is 2.20. The number of sulfonamides is 1. The number of nitrogens with one attached hydrogen (secondary N) is 2. The van der Waals surface area contributed by atoms with Crippen molar-refractivity contribution in [2.75, 3.05) is 50.4 Å². The maximum atomic E-state index is 13.9. The van der Waals surface area contributed by atoms with Crippen molar-refractivity contribution in [3.8, 4) is 0 Å². The predicted octanol–water partition coefficient (Wildman–Crippen LogP) is 1.64. The third-order valence-corrected chi connectivity index (χ3v) is 6.51. The zero-order chi connectivity index (χ0) is 20.6. The van der Waals surface area contributed by atoms with Gasteiger partial charge in [0.2, 0.25) is 10.0 Å². The number of pyridine rings is 1. The Labute approximate surface area is 190 Å². The molecule has 0 saturated carbocycles. The lowest BCUT2D eigenvalue weighted by molar-refractivity contribution is 0.464. The minimum atomic E-state index is -3.15. The average Bonchev–Trinajstić information content (AvgIpc) is 3.13. The van der Waals surface area contributed by atoms with Gasteiger partial charge in [0.05, 0.1) is 5.75 Å². The second kappa shape index (κ2) is 12.5. The molecule has 1 saturated heterocycles. The van der Waals surface area contributed by atoms with E-state index in [1.165, 1.54) is 10.4 Å². The largest absolute Gasteiger partial charge is 0.357 e. The topological polar surface area (TPSA) is 89.9 Å². The quantitative estimate of drug-likeness (QED) is 0.214. The van der Waals surface area contributed by atoms with Gasteiger partial charge in [-0.2, -0.15) is 0 Å². The van der Waals surface area contributed by atoms with Crippen LogP contribution in [-0.4, -0.2) is 75.2 Å². The highest BCUT2D eigenvalue weighted by molar-refractivity contribution is 14.0. The number of guanidine groups is 1. The van der Waals surface area contributed by atoms with Gasteiger partial charge in [-0.05, 0) is 38.8 Å². The third-order valence-electron chi connectivity index (χ3n) is 4.65. The number of hydrogen-bond acceptors (Lipinski definition) is 5. The fourth-order valence-corrected chi connectivity index (χ4v) is 3.89. The summed E-state index contributed by atoms with van der Waals surface area (Å²) in [6.45, 7) is 6.68. The standard InChI is InChI=1S/C18H31FN6O2S.HI/c1-4-20-18(22-11-7-12-24(3)28(26,27)5-2)23-15-9-13-25(14-15)17-16(19)8-6-10-21-17;/h6,8,10,15H,4-5,7,9,11-14H2,1-3H3,(H2,20,22,23);1H. The van der Waals surface area contributed by atoms with E-state index in [-0.39, 0.29) is 41.6 Å². The Morgan fingerprint density at radius 3 is 2.86 bits per heavy atom. The van der Waals surface area contributed by atoms with Gasteiger partial charge in [0.25, 0.3) is 0 Å². The molecule has 1 unspecified atom stereocenters. The first kappa shape index (κ1) is 25.8. The van der Waals surface area contributed by atoms with Crippen molar-refractivity contribution in [1.29, 1.82) is 0 Å². The molecule has 0 amide bonds. The molecule has 11 heteroatoms. The molecule has 0 aromatic carbocycles. The SMILES string of the molecule is CCNC(=NCCCN(C)S(=O)(=O)CC)NC1CCN(c2ncccc2F)C1.I. The molecular formula is C18H32FIN6O2S. The van der Waals surface area contributed by atoms with Crippen LogP contribution in [0.2, 0.25) is 0 Å². The second-order valence-electron chi connectivity index (χ2n) is 6.72. The lowest BCUT2D eigenvalue weighted by atomic mass is 10.3. The van der Waals surface area contributed by atoms with Crippen LogP contribution in [0.4, 0.5) is 10.2 Å². The fraction of sp³-hybridized carbons (Fsp3) is 0.667. The van der Waals surface area contributed by atoms with Crippen LogP contribution in [-0.2, 0) is 10.0 Å². The van der Waals surface area contributed by atoms with Gasteiger partial charge < -0.3 is 15.5 Å². The highest BCUT2D eigenvalue weighted by Gasteiger charge is 2.25. The Hall–Kier alpha value is -1.21. The van der Waals surface area contributed by atoms with Crippen molar-refractivity contribution >= 4 is 45.8 Å². The van der Waals surface area contributed by atoms with E-state index in [2.05, 4.69) is 20.6 Å². The van der Waals surface area contributed by atoms with Crippen LogP contribution in [0.1, 0.15) is 26.7 Å². The molecule has 2 N–H and O–H groups in total. The van der Waals surface area contributed by atoms with Crippen LogP contribution in [0.5, 0.6) is 0 Å². The lowest BCUT2D eigenvalue weighted by Gasteiger charge is -2.20. The number of aliphatic imine (C=N–C) groups is 1. The number of nitrogens with zero attached hydrogens (tertiary/aromatic N) is 4. The zero-order valence-corrected chi connectivity index (χ0v) is 20.4. The molecule has 1 aliphatic rings. The molecule has 29 heavy (non-hydrogen) atoms. The van der Waals surface area contributed by atoms with E-state index in [1.54, 1.807) is 26.2 Å². The van der Waals surface area contributed by atoms with E-state index >= 15 is 0 Å². The molecule has 1 aromatic rings. The molecule has 0 radical (unpaired) electrons. The van der Waals surface area contributed by atoms with Gasteiger partial charge in [0.1, 0.15) is 0 Å². The van der Waals surface area contributed by atoms with Gasteiger partial charge in [-0.1, -0.05) is 0 Å². The molecule has 1 fully saturated rings. The molecule has 166 valence electrons. The number of halogens is 2. The van der Waals surface area contributed by atoms with Gasteiger partial charge in [0.15, 0.2) is 17.6 Å². The van der Waals surface area contributed by atoms with Crippen LogP contribution >= 0.6 is 24.0 Å². The predicted molar refractivity (Wildman–Crippen MR) is 126 cm³/mol. The van der Waals surface area contributed by atoms with Crippen LogP contribution in [0.15, 0.2) is 23.3 Å². The Morgan fingerprint density at radius 2 is 2.21 bits per heavy atom. The summed E-state index contributed by atoms with van der Waals surface area (Å²) >= 11 is 0. The van der Waals surface area contributed by atoms with Gasteiger partial charge in [-0.25, -0.2) is 22.1 Å². The average molecular weight is 542 g/mol. The van der Waals surface area contributed by atoms with Crippen molar-refractivity contribution < 1.29 is 12.8 Å². The van der Waals surface area contributed by atoms with Crippen LogP contribution in [0.25, 0.3) is 0 Å². The molecule has 0 bridgehead atoms. The molecule has 0 aliphatic carbocycles. The maximum absolute atomic E-state index is 13.9. The smallest absolute Gasteiger partial charge is 0.213 e. The maximum Gasteiger partial charge on any atom is 0.213 e. The summed E-state index contributed by atoms with van der Waals surface area (Å²) in [5.74, 6) is 0.868. The Balaban J connectivity index is 0.00000420. The van der Waals surface area contributed by atoms with E-state index in [0.29, 0.717) is 37.8 Å². The first-order valence-corrected chi connectivity index (χ1v) is 11.3. The van der Waals surface area contributed by atoms with Gasteiger partial charge >= 0.3 is 0 Å². The highest BCUT2D eigenvalue weighted by atomic mass is 127. The number of hydrogen-bond donors (Lipinski definition) is 2. The van der Waals surface area contributed by atoms with E-state index in [1.807, 2.05) is 11.8 Å². The molecule has 1 aromatic heterocycles. The molecule has 8 nitrogen and oxygen atoms in total. The minimum absolute atomic E-state index is 0. The molecule has 2 heterocycles. The van der Waals surface area contributed by atoms with Gasteiger partial charge in [-0.3, -0.25) is 4.99 Å². The summed E-state index contributed by atoms with van der Waals surface area (Å²) in [6, 6.07) is 3.15. The monoisotopic (exact) mass is 542 g/mol. The van der Waals surface area contributed by atoms with Crippen molar-refractivity contribution in [2.45, 2.75) is 32.7 Å². The van der Waals surface area contributed by atoms with E-state index in [4.69, 9.17) is 0 Å². The minimum Gasteiger partial charge on any atom is -0.357 e. The summed E-state index contributed by atoms with van der Waals surface area (Å²) in [5, 5.41) is 6.58. The van der Waals surface area contributed by atoms with Crippen LogP contribution < -0.4 is 15.5 Å². The first-order chi connectivity index (χ1) is 13.4. The Morgan fingerprint density at radius 1 is 1.45 bits per heavy atom. The Bertz CT molecular complexity index is 764. The third kappa shape index (κ3) is 7.85. The normalized spacial score (nSPS) is 17.3. The van der Waals surface area contributed by atoms with Crippen molar-refractivity contribution in [1.82, 2.24) is 19.9 Å². The summed E-state index contributed by atoms with van der Waals surface area (Å²) in [4.78, 5) is 10.6. The number of anilines is 1. The van der Waals surface area contributed by atoms with E-state index in [0.717, 1.165) is 19.5 Å². The van der Waals surface area contributed by atoms with E-state index < -0.39 is 10.0 Å². The van der Waals surface area contributed by atoms with Crippen molar-refractivity contribution in [3.63, 3.8) is 0 Å². The van der Waals surface area contributed by atoms with Gasteiger partial charge in [-0.15, -0.1) is 24.0 Å². The van der Waals surface area contributed by atoms with Crippen LogP contribution in [0.3, 0.4) is 0 Å².